The molecule has 2 aromatic heterocycles. The highest BCUT2D eigenvalue weighted by molar-refractivity contribution is 7.12. The lowest BCUT2D eigenvalue weighted by Gasteiger charge is -2.18. The van der Waals surface area contributed by atoms with Gasteiger partial charge in [0.25, 0.3) is 11.8 Å². The van der Waals surface area contributed by atoms with E-state index in [4.69, 9.17) is 4.42 Å². The summed E-state index contributed by atoms with van der Waals surface area (Å²) < 4.78 is 4.95. The molecule has 132 valence electrons. The summed E-state index contributed by atoms with van der Waals surface area (Å²) in [6.07, 6.45) is 1.35. The van der Waals surface area contributed by atoms with Crippen LogP contribution in [0.3, 0.4) is 0 Å². The molecule has 0 saturated heterocycles. The van der Waals surface area contributed by atoms with Crippen molar-refractivity contribution in [2.45, 2.75) is 6.04 Å². The molecular formula is C18H15N3O4S. The van der Waals surface area contributed by atoms with E-state index in [0.29, 0.717) is 10.4 Å². The van der Waals surface area contributed by atoms with Crippen molar-refractivity contribution in [2.24, 2.45) is 0 Å². The maximum atomic E-state index is 12.6. The zero-order valence-corrected chi connectivity index (χ0v) is 14.3. The van der Waals surface area contributed by atoms with Crippen molar-refractivity contribution in [1.29, 1.82) is 0 Å². The van der Waals surface area contributed by atoms with Crippen LogP contribution in [0.5, 0.6) is 0 Å². The Kier molecular flexibility index (Phi) is 5.45. The number of hydrogen-bond acceptors (Lipinski definition) is 5. The molecule has 0 spiro atoms. The number of nitrogens with one attached hydrogen (secondary N) is 3. The molecule has 0 saturated carbocycles. The van der Waals surface area contributed by atoms with Crippen LogP contribution in [0.25, 0.3) is 0 Å². The fraction of sp³-hybridized carbons (Fsp3) is 0.0556. The first-order chi connectivity index (χ1) is 12.6. The topological polar surface area (TPSA) is 100 Å². The normalized spacial score (nSPS) is 11.4. The number of amides is 3. The first-order valence-electron chi connectivity index (χ1n) is 7.68. The fourth-order valence-electron chi connectivity index (χ4n) is 2.22. The Morgan fingerprint density at radius 1 is 0.885 bits per heavy atom. The van der Waals surface area contributed by atoms with E-state index in [1.165, 1.54) is 23.7 Å². The molecule has 7 nitrogen and oxygen atoms in total. The minimum Gasteiger partial charge on any atom is -0.459 e. The second kappa shape index (κ2) is 8.13. The molecule has 0 radical (unpaired) electrons. The van der Waals surface area contributed by atoms with E-state index in [-0.39, 0.29) is 11.7 Å². The SMILES string of the molecule is O=C(NNC(=O)[C@H](NC(=O)c1cccs1)c1ccccc1)c1ccco1. The summed E-state index contributed by atoms with van der Waals surface area (Å²) in [5.41, 5.74) is 5.16. The summed E-state index contributed by atoms with van der Waals surface area (Å²) in [4.78, 5) is 37.2. The Balaban J connectivity index is 1.71. The van der Waals surface area contributed by atoms with Crippen LogP contribution < -0.4 is 16.2 Å². The smallest absolute Gasteiger partial charge is 0.305 e. The molecule has 8 heteroatoms. The van der Waals surface area contributed by atoms with E-state index >= 15 is 0 Å². The lowest BCUT2D eigenvalue weighted by molar-refractivity contribution is -0.123. The molecule has 3 aromatic rings. The Morgan fingerprint density at radius 3 is 2.35 bits per heavy atom. The van der Waals surface area contributed by atoms with Gasteiger partial charge in [-0.05, 0) is 29.1 Å². The van der Waals surface area contributed by atoms with Crippen LogP contribution in [0.1, 0.15) is 31.8 Å². The molecule has 0 bridgehead atoms. The predicted octanol–water partition coefficient (Wildman–Crippen LogP) is 2.27. The number of hydrogen-bond donors (Lipinski definition) is 3. The van der Waals surface area contributed by atoms with Crippen molar-refractivity contribution < 1.29 is 18.8 Å². The summed E-state index contributed by atoms with van der Waals surface area (Å²) in [6.45, 7) is 0. The standard InChI is InChI=1S/C18H15N3O4S/c22-16(13-8-4-10-25-13)20-21-18(24)15(12-6-2-1-3-7-12)19-17(23)14-9-5-11-26-14/h1-11,15H,(H,19,23)(H,20,22)(H,21,24)/t15-/m1/s1. The zero-order chi connectivity index (χ0) is 18.4. The molecule has 26 heavy (non-hydrogen) atoms. The van der Waals surface area contributed by atoms with Gasteiger partial charge in [-0.25, -0.2) is 0 Å². The Hall–Kier alpha value is -3.39. The molecule has 1 atom stereocenters. The first kappa shape index (κ1) is 17.4. The van der Waals surface area contributed by atoms with Gasteiger partial charge in [-0.1, -0.05) is 36.4 Å². The lowest BCUT2D eigenvalue weighted by Crippen LogP contribution is -2.48. The first-order valence-corrected chi connectivity index (χ1v) is 8.56. The summed E-state index contributed by atoms with van der Waals surface area (Å²) in [5, 5.41) is 4.45. The predicted molar refractivity (Wildman–Crippen MR) is 95.3 cm³/mol. The van der Waals surface area contributed by atoms with Crippen LogP contribution in [0, 0.1) is 0 Å². The number of rotatable bonds is 5. The third-order valence-corrected chi connectivity index (χ3v) is 4.33. The molecule has 2 heterocycles. The largest absolute Gasteiger partial charge is 0.459 e. The molecule has 3 rings (SSSR count). The third-order valence-electron chi connectivity index (χ3n) is 3.46. The van der Waals surface area contributed by atoms with Crippen molar-refractivity contribution in [3.05, 3.63) is 82.4 Å². The average Bonchev–Trinajstić information content (AvgIpc) is 3.38. The Morgan fingerprint density at radius 2 is 1.69 bits per heavy atom. The van der Waals surface area contributed by atoms with Crippen LogP contribution in [-0.2, 0) is 4.79 Å². The number of carbonyl (C=O) groups is 3. The highest BCUT2D eigenvalue weighted by Crippen LogP contribution is 2.15. The molecule has 0 aliphatic carbocycles. The maximum Gasteiger partial charge on any atom is 0.305 e. The zero-order valence-electron chi connectivity index (χ0n) is 13.5. The van der Waals surface area contributed by atoms with E-state index in [0.717, 1.165) is 0 Å². The van der Waals surface area contributed by atoms with Crippen LogP contribution in [0.4, 0.5) is 0 Å². The summed E-state index contributed by atoms with van der Waals surface area (Å²) in [5.74, 6) is -1.49. The van der Waals surface area contributed by atoms with Crippen molar-refractivity contribution in [3.8, 4) is 0 Å². The van der Waals surface area contributed by atoms with Crippen molar-refractivity contribution >= 4 is 29.1 Å². The van der Waals surface area contributed by atoms with E-state index in [2.05, 4.69) is 16.2 Å². The highest BCUT2D eigenvalue weighted by Gasteiger charge is 2.24. The second-order valence-corrected chi connectivity index (χ2v) is 6.16. The number of carbonyl (C=O) groups excluding carboxylic acids is 3. The van der Waals surface area contributed by atoms with E-state index in [9.17, 15) is 14.4 Å². The number of benzene rings is 1. The number of thiophene rings is 1. The van der Waals surface area contributed by atoms with Gasteiger partial charge < -0.3 is 9.73 Å². The number of hydrazine groups is 1. The van der Waals surface area contributed by atoms with Gasteiger partial charge in [0.05, 0.1) is 11.1 Å². The Bertz CT molecular complexity index is 877. The number of furan rings is 1. The van der Waals surface area contributed by atoms with Crippen molar-refractivity contribution in [3.63, 3.8) is 0 Å². The van der Waals surface area contributed by atoms with Gasteiger partial charge in [0, 0.05) is 0 Å². The van der Waals surface area contributed by atoms with Gasteiger partial charge in [-0.15, -0.1) is 11.3 Å². The van der Waals surface area contributed by atoms with Gasteiger partial charge in [0.2, 0.25) is 0 Å². The lowest BCUT2D eigenvalue weighted by atomic mass is 10.1. The van der Waals surface area contributed by atoms with E-state index < -0.39 is 17.9 Å². The monoisotopic (exact) mass is 369 g/mol. The minimum absolute atomic E-state index is 0.0594. The van der Waals surface area contributed by atoms with Crippen LogP contribution >= 0.6 is 11.3 Å². The minimum atomic E-state index is -0.970. The molecule has 0 aliphatic rings. The molecule has 1 aromatic carbocycles. The van der Waals surface area contributed by atoms with Crippen LogP contribution in [0.2, 0.25) is 0 Å². The molecule has 3 N–H and O–H groups in total. The van der Waals surface area contributed by atoms with Gasteiger partial charge in [-0.3, -0.25) is 25.2 Å². The van der Waals surface area contributed by atoms with Crippen molar-refractivity contribution in [1.82, 2.24) is 16.2 Å². The molecule has 0 aliphatic heterocycles. The third kappa shape index (κ3) is 4.17. The molecular weight excluding hydrogens is 354 g/mol. The maximum absolute atomic E-state index is 12.6. The molecule has 0 fully saturated rings. The van der Waals surface area contributed by atoms with Crippen molar-refractivity contribution in [2.75, 3.05) is 0 Å². The van der Waals surface area contributed by atoms with Crippen LogP contribution in [0.15, 0.2) is 70.7 Å². The molecule has 0 unspecified atom stereocenters. The fourth-order valence-corrected chi connectivity index (χ4v) is 2.84. The van der Waals surface area contributed by atoms with Gasteiger partial charge in [-0.2, -0.15) is 0 Å². The highest BCUT2D eigenvalue weighted by atomic mass is 32.1. The quantitative estimate of drug-likeness (QED) is 0.601. The van der Waals surface area contributed by atoms with Gasteiger partial charge in [0.15, 0.2) is 5.76 Å². The van der Waals surface area contributed by atoms with Gasteiger partial charge in [0.1, 0.15) is 6.04 Å². The Labute approximate surface area is 153 Å². The summed E-state index contributed by atoms with van der Waals surface area (Å²) in [6, 6.07) is 14.2. The molecule has 3 amide bonds. The summed E-state index contributed by atoms with van der Waals surface area (Å²) >= 11 is 1.27. The van der Waals surface area contributed by atoms with E-state index in [1.807, 2.05) is 0 Å². The average molecular weight is 369 g/mol. The van der Waals surface area contributed by atoms with Gasteiger partial charge >= 0.3 is 5.91 Å². The van der Waals surface area contributed by atoms with E-state index in [1.54, 1.807) is 53.9 Å². The summed E-state index contributed by atoms with van der Waals surface area (Å²) in [7, 11) is 0. The van der Waals surface area contributed by atoms with Crippen LogP contribution in [-0.4, -0.2) is 17.7 Å². The second-order valence-electron chi connectivity index (χ2n) is 5.22.